The van der Waals surface area contributed by atoms with Gasteiger partial charge in [-0.1, -0.05) is 38.1 Å². The van der Waals surface area contributed by atoms with Crippen LogP contribution in [0.2, 0.25) is 0 Å². The summed E-state index contributed by atoms with van der Waals surface area (Å²) in [5.41, 5.74) is 3.15. The van der Waals surface area contributed by atoms with Crippen LogP contribution in [-0.4, -0.2) is 12.6 Å². The van der Waals surface area contributed by atoms with Crippen LogP contribution in [0.3, 0.4) is 0 Å². The van der Waals surface area contributed by atoms with Crippen LogP contribution < -0.4 is 5.32 Å². The number of fused-ring (bicyclic) bond motifs is 1. The summed E-state index contributed by atoms with van der Waals surface area (Å²) in [6.45, 7) is 5.57. The van der Waals surface area contributed by atoms with Gasteiger partial charge in [-0.2, -0.15) is 0 Å². The summed E-state index contributed by atoms with van der Waals surface area (Å²) in [6, 6.07) is 9.53. The minimum absolute atomic E-state index is 0.596. The molecule has 2 rings (SSSR count). The molecule has 0 spiro atoms. The lowest BCUT2D eigenvalue weighted by Gasteiger charge is -2.26. The number of hydrogen-bond acceptors (Lipinski definition) is 1. The van der Waals surface area contributed by atoms with Crippen LogP contribution in [0.1, 0.15) is 43.7 Å². The lowest BCUT2D eigenvalue weighted by atomic mass is 9.83. The SMILES string of the molecule is CC(C)NCC1CCCc2ccccc21. The number of hydrogen-bond donors (Lipinski definition) is 1. The first-order chi connectivity index (χ1) is 7.27. The van der Waals surface area contributed by atoms with E-state index < -0.39 is 0 Å². The van der Waals surface area contributed by atoms with Crippen molar-refractivity contribution in [1.82, 2.24) is 5.32 Å². The molecule has 0 saturated carbocycles. The van der Waals surface area contributed by atoms with Gasteiger partial charge in [-0.25, -0.2) is 0 Å². The molecular weight excluding hydrogens is 182 g/mol. The Kier molecular flexibility index (Phi) is 3.42. The fourth-order valence-electron chi connectivity index (χ4n) is 2.44. The van der Waals surface area contributed by atoms with Crippen molar-refractivity contribution in [3.05, 3.63) is 35.4 Å². The highest BCUT2D eigenvalue weighted by molar-refractivity contribution is 5.32. The minimum Gasteiger partial charge on any atom is -0.314 e. The molecule has 0 saturated heterocycles. The van der Waals surface area contributed by atoms with Crippen molar-refractivity contribution < 1.29 is 0 Å². The maximum absolute atomic E-state index is 3.56. The van der Waals surface area contributed by atoms with Crippen LogP contribution in [0.25, 0.3) is 0 Å². The quantitative estimate of drug-likeness (QED) is 0.796. The van der Waals surface area contributed by atoms with Crippen LogP contribution >= 0.6 is 0 Å². The molecule has 1 aliphatic carbocycles. The zero-order valence-corrected chi connectivity index (χ0v) is 9.79. The predicted octanol–water partition coefficient (Wildman–Crippen LogP) is 3.10. The molecular formula is C14H21N. The Morgan fingerprint density at radius 3 is 2.93 bits per heavy atom. The van der Waals surface area contributed by atoms with E-state index >= 15 is 0 Å². The summed E-state index contributed by atoms with van der Waals surface area (Å²) >= 11 is 0. The van der Waals surface area contributed by atoms with E-state index in [1.165, 1.54) is 19.3 Å². The minimum atomic E-state index is 0.596. The first-order valence-corrected chi connectivity index (χ1v) is 6.08. The van der Waals surface area contributed by atoms with Crippen LogP contribution in [0.15, 0.2) is 24.3 Å². The smallest absolute Gasteiger partial charge is 0.00226 e. The van der Waals surface area contributed by atoms with Gasteiger partial charge < -0.3 is 5.32 Å². The second-order valence-electron chi connectivity index (χ2n) is 4.85. The van der Waals surface area contributed by atoms with Gasteiger partial charge in [-0.3, -0.25) is 0 Å². The molecule has 15 heavy (non-hydrogen) atoms. The number of rotatable bonds is 3. The maximum atomic E-state index is 3.56. The summed E-state index contributed by atoms with van der Waals surface area (Å²) in [7, 11) is 0. The summed E-state index contributed by atoms with van der Waals surface area (Å²) < 4.78 is 0. The first kappa shape index (κ1) is 10.7. The zero-order valence-electron chi connectivity index (χ0n) is 9.79. The summed E-state index contributed by atoms with van der Waals surface area (Å²) in [4.78, 5) is 0. The van der Waals surface area contributed by atoms with Crippen LogP contribution in [0.4, 0.5) is 0 Å². The second-order valence-corrected chi connectivity index (χ2v) is 4.85. The molecule has 0 fully saturated rings. The number of aryl methyl sites for hydroxylation is 1. The summed E-state index contributed by atoms with van der Waals surface area (Å²) in [5, 5.41) is 3.56. The molecule has 0 radical (unpaired) electrons. The van der Waals surface area contributed by atoms with Gasteiger partial charge in [0.15, 0.2) is 0 Å². The number of benzene rings is 1. The van der Waals surface area contributed by atoms with Crippen molar-refractivity contribution in [2.45, 2.75) is 45.1 Å². The van der Waals surface area contributed by atoms with E-state index in [0.717, 1.165) is 12.5 Å². The number of nitrogens with one attached hydrogen (secondary N) is 1. The van der Waals surface area contributed by atoms with Crippen LogP contribution in [0.5, 0.6) is 0 Å². The van der Waals surface area contributed by atoms with Gasteiger partial charge in [0, 0.05) is 12.6 Å². The topological polar surface area (TPSA) is 12.0 Å². The fraction of sp³-hybridized carbons (Fsp3) is 0.571. The monoisotopic (exact) mass is 203 g/mol. The molecule has 82 valence electrons. The molecule has 1 aliphatic rings. The molecule has 1 N–H and O–H groups in total. The molecule has 1 atom stereocenters. The molecule has 0 amide bonds. The largest absolute Gasteiger partial charge is 0.314 e. The van der Waals surface area contributed by atoms with E-state index in [-0.39, 0.29) is 0 Å². The van der Waals surface area contributed by atoms with E-state index in [1.54, 1.807) is 11.1 Å². The van der Waals surface area contributed by atoms with Crippen molar-refractivity contribution in [3.63, 3.8) is 0 Å². The van der Waals surface area contributed by atoms with Crippen LogP contribution in [0, 0.1) is 0 Å². The van der Waals surface area contributed by atoms with Crippen molar-refractivity contribution in [2.24, 2.45) is 0 Å². The van der Waals surface area contributed by atoms with E-state index in [0.29, 0.717) is 6.04 Å². The van der Waals surface area contributed by atoms with Gasteiger partial charge in [-0.05, 0) is 36.3 Å². The average molecular weight is 203 g/mol. The van der Waals surface area contributed by atoms with Gasteiger partial charge in [0.1, 0.15) is 0 Å². The standard InChI is InChI=1S/C14H21N/c1-11(2)15-10-13-8-5-7-12-6-3-4-9-14(12)13/h3-4,6,9,11,13,15H,5,7-8,10H2,1-2H3. The third-order valence-electron chi connectivity index (χ3n) is 3.27. The van der Waals surface area contributed by atoms with Gasteiger partial charge in [0.05, 0.1) is 0 Å². The zero-order chi connectivity index (χ0) is 10.7. The Morgan fingerprint density at radius 2 is 2.13 bits per heavy atom. The Bertz CT molecular complexity index is 317. The Hall–Kier alpha value is -0.820. The molecule has 1 nitrogen and oxygen atoms in total. The molecule has 1 aromatic rings. The predicted molar refractivity (Wildman–Crippen MR) is 65.3 cm³/mol. The van der Waals surface area contributed by atoms with Crippen molar-refractivity contribution in [1.29, 1.82) is 0 Å². The molecule has 0 aliphatic heterocycles. The average Bonchev–Trinajstić information content (AvgIpc) is 2.26. The van der Waals surface area contributed by atoms with Gasteiger partial charge >= 0.3 is 0 Å². The molecule has 1 aromatic carbocycles. The normalized spacial score (nSPS) is 20.3. The molecule has 1 unspecified atom stereocenters. The highest BCUT2D eigenvalue weighted by Crippen LogP contribution is 2.30. The third-order valence-corrected chi connectivity index (χ3v) is 3.27. The molecule has 0 aromatic heterocycles. The molecule has 0 heterocycles. The Morgan fingerprint density at radius 1 is 1.33 bits per heavy atom. The third kappa shape index (κ3) is 2.60. The van der Waals surface area contributed by atoms with Crippen molar-refractivity contribution in [3.8, 4) is 0 Å². The lowest BCUT2D eigenvalue weighted by Crippen LogP contribution is -2.29. The first-order valence-electron chi connectivity index (χ1n) is 6.08. The van der Waals surface area contributed by atoms with Crippen LogP contribution in [-0.2, 0) is 6.42 Å². The van der Waals surface area contributed by atoms with Gasteiger partial charge in [0.2, 0.25) is 0 Å². The Balaban J connectivity index is 2.08. The van der Waals surface area contributed by atoms with Gasteiger partial charge in [-0.15, -0.1) is 0 Å². The fourth-order valence-corrected chi connectivity index (χ4v) is 2.44. The lowest BCUT2D eigenvalue weighted by molar-refractivity contribution is 0.479. The Labute approximate surface area is 92.9 Å². The maximum Gasteiger partial charge on any atom is 0.00226 e. The highest BCUT2D eigenvalue weighted by atomic mass is 14.9. The second kappa shape index (κ2) is 4.80. The molecule has 0 bridgehead atoms. The highest BCUT2D eigenvalue weighted by Gasteiger charge is 2.19. The molecule has 1 heteroatoms. The van der Waals surface area contributed by atoms with Gasteiger partial charge in [0.25, 0.3) is 0 Å². The summed E-state index contributed by atoms with van der Waals surface area (Å²) in [6.07, 6.45) is 3.96. The summed E-state index contributed by atoms with van der Waals surface area (Å²) in [5.74, 6) is 0.734. The van der Waals surface area contributed by atoms with Crippen molar-refractivity contribution >= 4 is 0 Å². The van der Waals surface area contributed by atoms with E-state index in [4.69, 9.17) is 0 Å². The van der Waals surface area contributed by atoms with E-state index in [2.05, 4.69) is 43.4 Å². The van der Waals surface area contributed by atoms with Crippen molar-refractivity contribution in [2.75, 3.05) is 6.54 Å². The van der Waals surface area contributed by atoms with E-state index in [1.807, 2.05) is 0 Å². The van der Waals surface area contributed by atoms with E-state index in [9.17, 15) is 0 Å².